The van der Waals surface area contributed by atoms with Crippen LogP contribution in [0, 0.1) is 5.41 Å². The Labute approximate surface area is 126 Å². The molecule has 1 aromatic carbocycles. The minimum atomic E-state index is -0.974. The lowest BCUT2D eigenvalue weighted by Gasteiger charge is -2.23. The van der Waals surface area contributed by atoms with E-state index in [0.717, 1.165) is 17.2 Å². The summed E-state index contributed by atoms with van der Waals surface area (Å²) in [4.78, 5) is 24.3. The molecule has 0 saturated carbocycles. The van der Waals surface area contributed by atoms with Crippen molar-refractivity contribution in [2.24, 2.45) is 5.41 Å². The molecule has 4 nitrogen and oxygen atoms in total. The van der Waals surface area contributed by atoms with Crippen LogP contribution in [0.1, 0.15) is 38.3 Å². The highest BCUT2D eigenvalue weighted by molar-refractivity contribution is 5.85. The number of carbonyl (C=O) groups is 2. The molecule has 0 radical (unpaired) electrons. The van der Waals surface area contributed by atoms with Gasteiger partial charge >= 0.3 is 5.97 Å². The molecule has 0 saturated heterocycles. The van der Waals surface area contributed by atoms with Crippen molar-refractivity contribution in [3.05, 3.63) is 41.5 Å². The van der Waals surface area contributed by atoms with E-state index in [1.54, 1.807) is 18.0 Å². The average molecular weight is 289 g/mol. The summed E-state index contributed by atoms with van der Waals surface area (Å²) in [5, 5.41) is 8.63. The average Bonchev–Trinajstić information content (AvgIpc) is 2.34. The molecule has 0 unspecified atom stereocenters. The molecule has 0 spiro atoms. The van der Waals surface area contributed by atoms with Crippen molar-refractivity contribution in [1.82, 2.24) is 4.90 Å². The van der Waals surface area contributed by atoms with Crippen molar-refractivity contribution in [3.8, 4) is 0 Å². The molecule has 0 bridgehead atoms. The first-order valence-electron chi connectivity index (χ1n) is 6.91. The number of benzene rings is 1. The first kappa shape index (κ1) is 17.0. The van der Waals surface area contributed by atoms with Crippen molar-refractivity contribution in [2.75, 3.05) is 7.05 Å². The zero-order chi connectivity index (χ0) is 16.0. The summed E-state index contributed by atoms with van der Waals surface area (Å²) in [6.07, 6.45) is 3.15. The van der Waals surface area contributed by atoms with E-state index < -0.39 is 5.97 Å². The summed E-state index contributed by atoms with van der Waals surface area (Å²) < 4.78 is 0. The Morgan fingerprint density at radius 1 is 1.29 bits per heavy atom. The standard InChI is InChI=1S/C17H23NO3/c1-17(2,3)11-15(19)18(4)12-14-7-5-6-13(10-14)8-9-16(20)21/h5-10H,11-12H2,1-4H3,(H,20,21). The Kier molecular flexibility index (Phi) is 5.70. The molecule has 4 heteroatoms. The molecular formula is C17H23NO3. The van der Waals surface area contributed by atoms with Crippen molar-refractivity contribution in [2.45, 2.75) is 33.7 Å². The van der Waals surface area contributed by atoms with Crippen LogP contribution in [-0.4, -0.2) is 28.9 Å². The van der Waals surface area contributed by atoms with Crippen molar-refractivity contribution in [1.29, 1.82) is 0 Å². The maximum absolute atomic E-state index is 12.1. The topological polar surface area (TPSA) is 57.6 Å². The Bertz CT molecular complexity index is 541. The van der Waals surface area contributed by atoms with E-state index >= 15 is 0 Å². The van der Waals surface area contributed by atoms with E-state index in [9.17, 15) is 9.59 Å². The van der Waals surface area contributed by atoms with Crippen LogP contribution in [0.3, 0.4) is 0 Å². The summed E-state index contributed by atoms with van der Waals surface area (Å²) in [5.74, 6) is -0.869. The molecule has 0 atom stereocenters. The van der Waals surface area contributed by atoms with Crippen molar-refractivity contribution < 1.29 is 14.7 Å². The maximum atomic E-state index is 12.1. The number of carbonyl (C=O) groups excluding carboxylic acids is 1. The van der Waals surface area contributed by atoms with Crippen LogP contribution in [0.15, 0.2) is 30.3 Å². The molecule has 0 aromatic heterocycles. The van der Waals surface area contributed by atoms with Crippen molar-refractivity contribution >= 4 is 18.0 Å². The van der Waals surface area contributed by atoms with Gasteiger partial charge in [-0.05, 0) is 28.7 Å². The molecule has 21 heavy (non-hydrogen) atoms. The number of hydrogen-bond acceptors (Lipinski definition) is 2. The Balaban J connectivity index is 2.72. The van der Waals surface area contributed by atoms with E-state index in [1.807, 2.05) is 45.0 Å². The van der Waals surface area contributed by atoms with Gasteiger partial charge in [0.1, 0.15) is 0 Å². The van der Waals surface area contributed by atoms with Gasteiger partial charge < -0.3 is 10.0 Å². The van der Waals surface area contributed by atoms with E-state index in [-0.39, 0.29) is 11.3 Å². The Morgan fingerprint density at radius 3 is 2.52 bits per heavy atom. The molecular weight excluding hydrogens is 266 g/mol. The highest BCUT2D eigenvalue weighted by Gasteiger charge is 2.18. The van der Waals surface area contributed by atoms with Gasteiger partial charge in [0, 0.05) is 26.1 Å². The number of nitrogens with zero attached hydrogens (tertiary/aromatic N) is 1. The lowest BCUT2D eigenvalue weighted by atomic mass is 9.91. The van der Waals surface area contributed by atoms with Crippen LogP contribution in [0.5, 0.6) is 0 Å². The normalized spacial score (nSPS) is 11.6. The molecule has 0 heterocycles. The smallest absolute Gasteiger partial charge is 0.328 e. The van der Waals surface area contributed by atoms with Crippen LogP contribution in [0.2, 0.25) is 0 Å². The highest BCUT2D eigenvalue weighted by atomic mass is 16.4. The molecule has 1 N–H and O–H groups in total. The van der Waals surface area contributed by atoms with Gasteiger partial charge in [-0.1, -0.05) is 39.0 Å². The summed E-state index contributed by atoms with van der Waals surface area (Å²) in [6, 6.07) is 7.51. The molecule has 0 fully saturated rings. The zero-order valence-corrected chi connectivity index (χ0v) is 13.1. The lowest BCUT2D eigenvalue weighted by molar-refractivity contribution is -0.132. The summed E-state index contributed by atoms with van der Waals surface area (Å²) in [6.45, 7) is 6.63. The number of amides is 1. The summed E-state index contributed by atoms with van der Waals surface area (Å²) in [7, 11) is 1.79. The predicted octanol–water partition coefficient (Wildman–Crippen LogP) is 3.18. The van der Waals surface area contributed by atoms with Crippen LogP contribution in [0.25, 0.3) is 6.08 Å². The van der Waals surface area contributed by atoms with Crippen molar-refractivity contribution in [3.63, 3.8) is 0 Å². The first-order chi connectivity index (χ1) is 9.67. The quantitative estimate of drug-likeness (QED) is 0.847. The molecule has 0 aliphatic carbocycles. The molecule has 0 aliphatic rings. The number of carboxylic acid groups (broad SMARTS) is 1. The largest absolute Gasteiger partial charge is 0.478 e. The molecule has 114 valence electrons. The Hall–Kier alpha value is -2.10. The molecule has 1 rings (SSSR count). The number of carboxylic acids is 1. The number of rotatable bonds is 5. The second-order valence-electron chi connectivity index (χ2n) is 6.40. The van der Waals surface area contributed by atoms with Crippen LogP contribution >= 0.6 is 0 Å². The van der Waals surface area contributed by atoms with E-state index in [0.29, 0.717) is 13.0 Å². The number of aliphatic carboxylic acids is 1. The van der Waals surface area contributed by atoms with Gasteiger partial charge in [0.05, 0.1) is 0 Å². The van der Waals surface area contributed by atoms with Gasteiger partial charge in [0.2, 0.25) is 5.91 Å². The highest BCUT2D eigenvalue weighted by Crippen LogP contribution is 2.20. The molecule has 1 aromatic rings. The summed E-state index contributed by atoms with van der Waals surface area (Å²) >= 11 is 0. The number of hydrogen-bond donors (Lipinski definition) is 1. The Morgan fingerprint density at radius 2 is 1.95 bits per heavy atom. The van der Waals surface area contributed by atoms with Crippen LogP contribution in [0.4, 0.5) is 0 Å². The fraction of sp³-hybridized carbons (Fsp3) is 0.412. The van der Waals surface area contributed by atoms with Gasteiger partial charge in [0.25, 0.3) is 0 Å². The van der Waals surface area contributed by atoms with Gasteiger partial charge in [0.15, 0.2) is 0 Å². The second-order valence-corrected chi connectivity index (χ2v) is 6.40. The minimum Gasteiger partial charge on any atom is -0.478 e. The van der Waals surface area contributed by atoms with Gasteiger partial charge in [-0.2, -0.15) is 0 Å². The molecule has 0 aliphatic heterocycles. The zero-order valence-electron chi connectivity index (χ0n) is 13.1. The van der Waals surface area contributed by atoms with Gasteiger partial charge in [-0.25, -0.2) is 4.79 Å². The van der Waals surface area contributed by atoms with Crippen LogP contribution in [-0.2, 0) is 16.1 Å². The monoisotopic (exact) mass is 289 g/mol. The van der Waals surface area contributed by atoms with E-state index in [4.69, 9.17) is 5.11 Å². The third kappa shape index (κ3) is 6.75. The second kappa shape index (κ2) is 7.07. The SMILES string of the molecule is CN(Cc1cccc(C=CC(=O)O)c1)C(=O)CC(C)(C)C. The lowest BCUT2D eigenvalue weighted by Crippen LogP contribution is -2.29. The van der Waals surface area contributed by atoms with Gasteiger partial charge in [-0.15, -0.1) is 0 Å². The van der Waals surface area contributed by atoms with E-state index in [1.165, 1.54) is 0 Å². The fourth-order valence-corrected chi connectivity index (χ4v) is 1.91. The third-order valence-electron chi connectivity index (χ3n) is 2.90. The first-order valence-corrected chi connectivity index (χ1v) is 6.91. The van der Waals surface area contributed by atoms with E-state index in [2.05, 4.69) is 0 Å². The van der Waals surface area contributed by atoms with Crippen LogP contribution < -0.4 is 0 Å². The maximum Gasteiger partial charge on any atom is 0.328 e. The summed E-state index contributed by atoms with van der Waals surface area (Å²) in [5.41, 5.74) is 1.76. The third-order valence-corrected chi connectivity index (χ3v) is 2.90. The molecule has 1 amide bonds. The predicted molar refractivity (Wildman–Crippen MR) is 83.7 cm³/mol. The minimum absolute atomic E-state index is 0.0303. The fourth-order valence-electron chi connectivity index (χ4n) is 1.91. The van der Waals surface area contributed by atoms with Gasteiger partial charge in [-0.3, -0.25) is 4.79 Å².